The summed E-state index contributed by atoms with van der Waals surface area (Å²) in [5, 5.41) is 4.33. The number of benzene rings is 1. The third-order valence-corrected chi connectivity index (χ3v) is 2.80. The molecule has 1 N–H and O–H groups in total. The smallest absolute Gasteiger partial charge is 0.0595 e. The molecule has 0 radical (unpaired) electrons. The molecule has 0 heterocycles. The van der Waals surface area contributed by atoms with Crippen molar-refractivity contribution >= 4 is 23.2 Å². The minimum Gasteiger partial charge on any atom is -0.319 e. The molecule has 1 aromatic rings. The maximum Gasteiger partial charge on any atom is 0.0595 e. The number of nitrogens with one attached hydrogen (secondary N) is 1. The first kappa shape index (κ1) is 12.6. The van der Waals surface area contributed by atoms with Crippen LogP contribution in [0, 0.1) is 0 Å². The Hall–Kier alpha value is -0.500. The second-order valence-electron chi connectivity index (χ2n) is 3.32. The van der Waals surface area contributed by atoms with Crippen LogP contribution in [-0.2, 0) is 6.42 Å². The molecule has 0 aliphatic rings. The Kier molecular flexibility index (Phi) is 5.77. The van der Waals surface area contributed by atoms with Crippen molar-refractivity contribution in [2.45, 2.75) is 12.8 Å². The van der Waals surface area contributed by atoms with E-state index in [1.54, 1.807) is 0 Å². The highest BCUT2D eigenvalue weighted by Gasteiger charge is 1.97. The Morgan fingerprint density at radius 3 is 2.67 bits per heavy atom. The molecular formula is C12H15Cl2N. The number of hydrogen-bond donors (Lipinski definition) is 1. The fourth-order valence-electron chi connectivity index (χ4n) is 1.23. The number of allylic oxidation sites excluding steroid dienone is 1. The van der Waals surface area contributed by atoms with E-state index in [1.807, 2.05) is 25.2 Å². The summed E-state index contributed by atoms with van der Waals surface area (Å²) in [4.78, 5) is 0. The summed E-state index contributed by atoms with van der Waals surface area (Å²) in [6, 6.07) is 5.74. The van der Waals surface area contributed by atoms with Crippen molar-refractivity contribution in [2.75, 3.05) is 13.6 Å². The lowest BCUT2D eigenvalue weighted by atomic mass is 10.1. The van der Waals surface area contributed by atoms with Gasteiger partial charge in [0.1, 0.15) is 0 Å². The maximum atomic E-state index is 5.91. The number of hydrogen-bond acceptors (Lipinski definition) is 1. The first-order valence-electron chi connectivity index (χ1n) is 4.97. The standard InChI is InChI=1S/C12H15Cl2N/c1-15-8-4-2-3-5-10-6-7-11(13)12(14)9-10/h2-3,6-7,9,15H,4-5,8H2,1H3. The van der Waals surface area contributed by atoms with Gasteiger partial charge in [-0.25, -0.2) is 0 Å². The molecule has 0 fully saturated rings. The molecule has 0 aromatic heterocycles. The Labute approximate surface area is 101 Å². The van der Waals surface area contributed by atoms with E-state index in [4.69, 9.17) is 23.2 Å². The van der Waals surface area contributed by atoms with Gasteiger partial charge in [-0.15, -0.1) is 0 Å². The Morgan fingerprint density at radius 2 is 2.00 bits per heavy atom. The third kappa shape index (κ3) is 4.70. The van der Waals surface area contributed by atoms with Crippen LogP contribution in [0.5, 0.6) is 0 Å². The van der Waals surface area contributed by atoms with E-state index >= 15 is 0 Å². The molecule has 1 rings (SSSR count). The zero-order valence-corrected chi connectivity index (χ0v) is 10.3. The summed E-state index contributed by atoms with van der Waals surface area (Å²) in [6.07, 6.45) is 6.27. The van der Waals surface area contributed by atoms with E-state index in [0.29, 0.717) is 10.0 Å². The molecule has 0 bridgehead atoms. The first-order valence-corrected chi connectivity index (χ1v) is 5.73. The predicted molar refractivity (Wildman–Crippen MR) is 67.8 cm³/mol. The van der Waals surface area contributed by atoms with E-state index in [0.717, 1.165) is 19.4 Å². The summed E-state index contributed by atoms with van der Waals surface area (Å²) < 4.78 is 0. The van der Waals surface area contributed by atoms with Crippen LogP contribution in [0.25, 0.3) is 0 Å². The molecule has 82 valence electrons. The van der Waals surface area contributed by atoms with Crippen LogP contribution < -0.4 is 5.32 Å². The van der Waals surface area contributed by atoms with Gasteiger partial charge in [0.25, 0.3) is 0 Å². The molecule has 1 aromatic carbocycles. The van der Waals surface area contributed by atoms with Crippen LogP contribution >= 0.6 is 23.2 Å². The highest BCUT2D eigenvalue weighted by Crippen LogP contribution is 2.22. The van der Waals surface area contributed by atoms with Crippen molar-refractivity contribution in [1.82, 2.24) is 5.32 Å². The van der Waals surface area contributed by atoms with E-state index in [1.165, 1.54) is 5.56 Å². The molecule has 0 saturated carbocycles. The molecule has 0 unspecified atom stereocenters. The lowest BCUT2D eigenvalue weighted by Crippen LogP contribution is -2.05. The topological polar surface area (TPSA) is 12.0 Å². The highest BCUT2D eigenvalue weighted by atomic mass is 35.5. The van der Waals surface area contributed by atoms with Gasteiger partial charge in [-0.1, -0.05) is 41.4 Å². The van der Waals surface area contributed by atoms with Crippen molar-refractivity contribution in [3.05, 3.63) is 46.0 Å². The maximum absolute atomic E-state index is 5.91. The van der Waals surface area contributed by atoms with E-state index in [-0.39, 0.29) is 0 Å². The van der Waals surface area contributed by atoms with Gasteiger partial charge in [0.2, 0.25) is 0 Å². The van der Waals surface area contributed by atoms with Gasteiger partial charge in [-0.3, -0.25) is 0 Å². The summed E-state index contributed by atoms with van der Waals surface area (Å²) in [5.74, 6) is 0. The number of halogens is 2. The fourth-order valence-corrected chi connectivity index (χ4v) is 1.55. The Morgan fingerprint density at radius 1 is 1.20 bits per heavy atom. The molecule has 0 aliphatic heterocycles. The zero-order valence-electron chi connectivity index (χ0n) is 8.76. The van der Waals surface area contributed by atoms with Crippen molar-refractivity contribution in [1.29, 1.82) is 0 Å². The summed E-state index contributed by atoms with van der Waals surface area (Å²) in [5.41, 5.74) is 1.19. The second-order valence-corrected chi connectivity index (χ2v) is 4.13. The molecule has 15 heavy (non-hydrogen) atoms. The van der Waals surface area contributed by atoms with Crippen LogP contribution in [-0.4, -0.2) is 13.6 Å². The van der Waals surface area contributed by atoms with Crippen molar-refractivity contribution < 1.29 is 0 Å². The largest absolute Gasteiger partial charge is 0.319 e. The lowest BCUT2D eigenvalue weighted by Gasteiger charge is -1.99. The molecule has 1 nitrogen and oxygen atoms in total. The zero-order chi connectivity index (χ0) is 11.1. The van der Waals surface area contributed by atoms with Crippen LogP contribution in [0.15, 0.2) is 30.4 Å². The highest BCUT2D eigenvalue weighted by molar-refractivity contribution is 6.42. The van der Waals surface area contributed by atoms with Gasteiger partial charge in [-0.05, 0) is 44.1 Å². The second kappa shape index (κ2) is 6.89. The van der Waals surface area contributed by atoms with Crippen molar-refractivity contribution in [3.8, 4) is 0 Å². The van der Waals surface area contributed by atoms with E-state index < -0.39 is 0 Å². The Balaban J connectivity index is 2.44. The van der Waals surface area contributed by atoms with E-state index in [9.17, 15) is 0 Å². The third-order valence-electron chi connectivity index (χ3n) is 2.07. The fraction of sp³-hybridized carbons (Fsp3) is 0.333. The predicted octanol–water partition coefficient (Wildman–Crippen LogP) is 3.70. The van der Waals surface area contributed by atoms with Crippen molar-refractivity contribution in [3.63, 3.8) is 0 Å². The van der Waals surface area contributed by atoms with Crippen LogP contribution in [0.4, 0.5) is 0 Å². The van der Waals surface area contributed by atoms with Gasteiger partial charge in [0.15, 0.2) is 0 Å². The molecule has 0 amide bonds. The van der Waals surface area contributed by atoms with Crippen LogP contribution in [0.3, 0.4) is 0 Å². The average Bonchev–Trinajstić information content (AvgIpc) is 2.23. The quantitative estimate of drug-likeness (QED) is 0.615. The van der Waals surface area contributed by atoms with Crippen molar-refractivity contribution in [2.24, 2.45) is 0 Å². The van der Waals surface area contributed by atoms with Crippen LogP contribution in [0.1, 0.15) is 12.0 Å². The minimum absolute atomic E-state index is 0.611. The summed E-state index contributed by atoms with van der Waals surface area (Å²) in [7, 11) is 1.95. The molecule has 0 saturated heterocycles. The molecule has 0 atom stereocenters. The van der Waals surface area contributed by atoms with Gasteiger partial charge >= 0.3 is 0 Å². The molecule has 3 heteroatoms. The van der Waals surface area contributed by atoms with E-state index in [2.05, 4.69) is 17.5 Å². The van der Waals surface area contributed by atoms with Gasteiger partial charge in [0, 0.05) is 0 Å². The van der Waals surface area contributed by atoms with Gasteiger partial charge in [-0.2, -0.15) is 0 Å². The minimum atomic E-state index is 0.611. The monoisotopic (exact) mass is 243 g/mol. The Bertz CT molecular complexity index is 334. The van der Waals surface area contributed by atoms with Gasteiger partial charge in [0.05, 0.1) is 10.0 Å². The molecule has 0 spiro atoms. The molecule has 0 aliphatic carbocycles. The summed E-state index contributed by atoms with van der Waals surface area (Å²) in [6.45, 7) is 1.01. The SMILES string of the molecule is CNCCC=CCc1ccc(Cl)c(Cl)c1. The first-order chi connectivity index (χ1) is 7.24. The normalized spacial score (nSPS) is 11.1. The lowest BCUT2D eigenvalue weighted by molar-refractivity contribution is 0.806. The molecular weight excluding hydrogens is 229 g/mol. The number of rotatable bonds is 5. The van der Waals surface area contributed by atoms with Gasteiger partial charge < -0.3 is 5.32 Å². The summed E-state index contributed by atoms with van der Waals surface area (Å²) >= 11 is 11.7. The average molecular weight is 244 g/mol. The van der Waals surface area contributed by atoms with Crippen LogP contribution in [0.2, 0.25) is 10.0 Å².